The fourth-order valence-electron chi connectivity index (χ4n) is 3.14. The van der Waals surface area contributed by atoms with E-state index in [9.17, 15) is 4.79 Å². The number of likely N-dealkylation sites (tertiary alicyclic amines) is 1. The van der Waals surface area contributed by atoms with Gasteiger partial charge < -0.3 is 15.3 Å². The molecule has 1 saturated carbocycles. The number of aromatic nitrogens is 2. The highest BCUT2D eigenvalue weighted by Gasteiger charge is 2.42. The second-order valence-electron chi connectivity index (χ2n) is 5.25. The van der Waals surface area contributed by atoms with E-state index in [2.05, 4.69) is 31.2 Å². The third kappa shape index (κ3) is 2.65. The molecule has 1 aliphatic heterocycles. The maximum Gasteiger partial charge on any atom is 0.407 e. The molecule has 2 fully saturated rings. The molecule has 1 aromatic rings. The summed E-state index contributed by atoms with van der Waals surface area (Å²) in [5, 5.41) is 12.3. The molecule has 19 heavy (non-hydrogen) atoms. The van der Waals surface area contributed by atoms with Gasteiger partial charge in [-0.05, 0) is 40.6 Å². The van der Waals surface area contributed by atoms with Gasteiger partial charge in [0, 0.05) is 31.5 Å². The molecule has 1 aromatic heterocycles. The third-order valence-electron chi connectivity index (χ3n) is 3.98. The van der Waals surface area contributed by atoms with Crippen LogP contribution >= 0.6 is 15.9 Å². The lowest BCUT2D eigenvalue weighted by atomic mass is 10.0. The largest absolute Gasteiger partial charge is 0.465 e. The molecule has 1 saturated heterocycles. The van der Waals surface area contributed by atoms with Crippen molar-refractivity contribution in [3.63, 3.8) is 0 Å². The van der Waals surface area contributed by atoms with Crippen molar-refractivity contribution < 1.29 is 9.90 Å². The molecule has 2 aliphatic rings. The Balaban J connectivity index is 1.57. The summed E-state index contributed by atoms with van der Waals surface area (Å²) in [6.45, 7) is 1.33. The highest BCUT2D eigenvalue weighted by atomic mass is 79.9. The van der Waals surface area contributed by atoms with Gasteiger partial charge in [0.2, 0.25) is 5.95 Å². The Morgan fingerprint density at radius 1 is 1.32 bits per heavy atom. The zero-order valence-corrected chi connectivity index (χ0v) is 11.9. The average Bonchev–Trinajstić information content (AvgIpc) is 2.90. The molecule has 3 atom stereocenters. The number of hydrogen-bond donors (Lipinski definition) is 2. The number of nitrogens with one attached hydrogen (secondary N) is 1. The first-order chi connectivity index (χ1) is 9.11. The SMILES string of the molecule is O=C(O)N1C[C@H]2CC(Nc3ncc(Br)cn3)C[C@H]2C1. The minimum Gasteiger partial charge on any atom is -0.465 e. The van der Waals surface area contributed by atoms with Crippen molar-refractivity contribution in [3.8, 4) is 0 Å². The van der Waals surface area contributed by atoms with Crippen molar-refractivity contribution >= 4 is 28.0 Å². The first kappa shape index (κ1) is 12.7. The molecule has 2 heterocycles. The second kappa shape index (κ2) is 4.96. The van der Waals surface area contributed by atoms with Crippen molar-refractivity contribution in [2.75, 3.05) is 18.4 Å². The molecule has 2 N–H and O–H groups in total. The summed E-state index contributed by atoms with van der Waals surface area (Å²) in [5.41, 5.74) is 0. The van der Waals surface area contributed by atoms with Crippen LogP contribution in [0, 0.1) is 11.8 Å². The van der Waals surface area contributed by atoms with Crippen LogP contribution in [-0.2, 0) is 0 Å². The highest BCUT2D eigenvalue weighted by Crippen LogP contribution is 2.38. The molecular weight excluding hydrogens is 312 g/mol. The lowest BCUT2D eigenvalue weighted by Crippen LogP contribution is -2.29. The van der Waals surface area contributed by atoms with E-state index >= 15 is 0 Å². The van der Waals surface area contributed by atoms with Crippen molar-refractivity contribution in [1.82, 2.24) is 14.9 Å². The van der Waals surface area contributed by atoms with Crippen LogP contribution in [0.1, 0.15) is 12.8 Å². The Kier molecular flexibility index (Phi) is 3.30. The van der Waals surface area contributed by atoms with Gasteiger partial charge in [-0.1, -0.05) is 0 Å². The van der Waals surface area contributed by atoms with E-state index in [1.807, 2.05) is 0 Å². The number of halogens is 1. The first-order valence-electron chi connectivity index (χ1n) is 6.34. The maximum atomic E-state index is 10.9. The summed E-state index contributed by atoms with van der Waals surface area (Å²) in [6.07, 6.45) is 4.63. The lowest BCUT2D eigenvalue weighted by molar-refractivity contribution is 0.152. The van der Waals surface area contributed by atoms with Crippen LogP contribution in [0.4, 0.5) is 10.7 Å². The van der Waals surface area contributed by atoms with Gasteiger partial charge >= 0.3 is 6.09 Å². The van der Waals surface area contributed by atoms with Crippen LogP contribution in [0.5, 0.6) is 0 Å². The lowest BCUT2D eigenvalue weighted by Gasteiger charge is -2.17. The van der Waals surface area contributed by atoms with E-state index < -0.39 is 6.09 Å². The van der Waals surface area contributed by atoms with Crippen LogP contribution in [0.2, 0.25) is 0 Å². The van der Waals surface area contributed by atoms with E-state index in [0.717, 1.165) is 17.3 Å². The van der Waals surface area contributed by atoms with Crippen LogP contribution in [0.3, 0.4) is 0 Å². The van der Waals surface area contributed by atoms with Gasteiger partial charge in [0.25, 0.3) is 0 Å². The van der Waals surface area contributed by atoms with Gasteiger partial charge in [0.05, 0.1) is 4.47 Å². The van der Waals surface area contributed by atoms with E-state index in [4.69, 9.17) is 5.11 Å². The fourth-order valence-corrected chi connectivity index (χ4v) is 3.35. The summed E-state index contributed by atoms with van der Waals surface area (Å²) in [4.78, 5) is 20.9. The molecule has 0 aromatic carbocycles. The molecule has 6 nitrogen and oxygen atoms in total. The molecule has 1 aliphatic carbocycles. The minimum absolute atomic E-state index is 0.354. The summed E-state index contributed by atoms with van der Waals surface area (Å²) in [7, 11) is 0. The zero-order chi connectivity index (χ0) is 13.4. The number of nitrogens with zero attached hydrogens (tertiary/aromatic N) is 3. The molecular formula is C12H15BrN4O2. The number of anilines is 1. The Bertz CT molecular complexity index is 467. The van der Waals surface area contributed by atoms with Gasteiger partial charge in [0.1, 0.15) is 0 Å². The van der Waals surface area contributed by atoms with E-state index in [1.54, 1.807) is 12.4 Å². The van der Waals surface area contributed by atoms with Crippen LogP contribution in [0.15, 0.2) is 16.9 Å². The predicted molar refractivity (Wildman–Crippen MR) is 73.0 cm³/mol. The molecule has 1 unspecified atom stereocenters. The summed E-state index contributed by atoms with van der Waals surface area (Å²) >= 11 is 3.30. The molecule has 1 amide bonds. The molecule has 7 heteroatoms. The van der Waals surface area contributed by atoms with E-state index in [0.29, 0.717) is 36.9 Å². The van der Waals surface area contributed by atoms with Crippen LogP contribution in [0.25, 0.3) is 0 Å². The number of carboxylic acid groups (broad SMARTS) is 1. The fraction of sp³-hybridized carbons (Fsp3) is 0.583. The summed E-state index contributed by atoms with van der Waals surface area (Å²) in [5.74, 6) is 1.59. The number of rotatable bonds is 2. The van der Waals surface area contributed by atoms with Crippen LogP contribution in [-0.4, -0.2) is 45.2 Å². The zero-order valence-electron chi connectivity index (χ0n) is 10.3. The second-order valence-corrected chi connectivity index (χ2v) is 6.16. The quantitative estimate of drug-likeness (QED) is 0.869. The smallest absolute Gasteiger partial charge is 0.407 e. The van der Waals surface area contributed by atoms with Gasteiger partial charge in [0.15, 0.2) is 0 Å². The third-order valence-corrected chi connectivity index (χ3v) is 4.38. The standard InChI is InChI=1S/C12H15BrN4O2/c13-9-3-14-11(15-4-9)16-10-1-7-5-17(12(18)19)6-8(7)2-10/h3-4,7-8,10H,1-2,5-6H2,(H,18,19)(H,14,15,16)/t7-,8+,10?. The Hall–Kier alpha value is -1.37. The number of carbonyl (C=O) groups is 1. The Labute approximate surface area is 119 Å². The Morgan fingerprint density at radius 2 is 1.89 bits per heavy atom. The molecule has 0 spiro atoms. The highest BCUT2D eigenvalue weighted by molar-refractivity contribution is 9.10. The molecule has 3 rings (SSSR count). The minimum atomic E-state index is -0.796. The predicted octanol–water partition coefficient (Wildman–Crippen LogP) is 2.04. The van der Waals surface area contributed by atoms with E-state index in [1.165, 1.54) is 4.90 Å². The van der Waals surface area contributed by atoms with Crippen molar-refractivity contribution in [1.29, 1.82) is 0 Å². The van der Waals surface area contributed by atoms with Crippen molar-refractivity contribution in [2.45, 2.75) is 18.9 Å². The summed E-state index contributed by atoms with van der Waals surface area (Å²) < 4.78 is 0.860. The van der Waals surface area contributed by atoms with Crippen molar-refractivity contribution in [2.24, 2.45) is 11.8 Å². The van der Waals surface area contributed by atoms with Gasteiger partial charge in [-0.3, -0.25) is 0 Å². The number of amides is 1. The van der Waals surface area contributed by atoms with Crippen molar-refractivity contribution in [3.05, 3.63) is 16.9 Å². The monoisotopic (exact) mass is 326 g/mol. The maximum absolute atomic E-state index is 10.9. The molecule has 0 radical (unpaired) electrons. The van der Waals surface area contributed by atoms with Gasteiger partial charge in [-0.15, -0.1) is 0 Å². The Morgan fingerprint density at radius 3 is 2.42 bits per heavy atom. The van der Waals surface area contributed by atoms with Gasteiger partial charge in [-0.2, -0.15) is 0 Å². The van der Waals surface area contributed by atoms with Gasteiger partial charge in [-0.25, -0.2) is 14.8 Å². The first-order valence-corrected chi connectivity index (χ1v) is 7.13. The normalized spacial score (nSPS) is 29.3. The van der Waals surface area contributed by atoms with E-state index in [-0.39, 0.29) is 0 Å². The topological polar surface area (TPSA) is 78.4 Å². The summed E-state index contributed by atoms with van der Waals surface area (Å²) in [6, 6.07) is 0.354. The number of fused-ring (bicyclic) bond motifs is 1. The average molecular weight is 327 g/mol. The number of hydrogen-bond acceptors (Lipinski definition) is 4. The molecule has 102 valence electrons. The van der Waals surface area contributed by atoms with Crippen LogP contribution < -0.4 is 5.32 Å². The molecule has 0 bridgehead atoms.